The van der Waals surface area contributed by atoms with Crippen LogP contribution in [0.2, 0.25) is 0 Å². The van der Waals surface area contributed by atoms with Gasteiger partial charge in [-0.25, -0.2) is 0 Å². The smallest absolute Gasteiger partial charge is 0.0621 e. The highest BCUT2D eigenvalue weighted by Gasteiger charge is 2.08. The van der Waals surface area contributed by atoms with Crippen molar-refractivity contribution in [3.8, 4) is 5.69 Å². The van der Waals surface area contributed by atoms with Crippen molar-refractivity contribution in [1.82, 2.24) is 9.88 Å². The van der Waals surface area contributed by atoms with Crippen LogP contribution in [0.5, 0.6) is 0 Å². The Kier molecular flexibility index (Phi) is 3.22. The standard InChI is InChI=1S/C17H16N2/c1-18-12-11-14-13-19(15-7-3-2-4-8-15)17-10-6-5-9-16(14)17/h2-4,7-10,13,18H,11-12H2,1H3. The monoisotopic (exact) mass is 248 g/mol. The van der Waals surface area contributed by atoms with Crippen molar-refractivity contribution in [3.63, 3.8) is 0 Å². The molecule has 1 N–H and O–H groups in total. The molecule has 2 heteroatoms. The predicted molar refractivity (Wildman–Crippen MR) is 78.6 cm³/mol. The van der Waals surface area contributed by atoms with E-state index >= 15 is 0 Å². The zero-order chi connectivity index (χ0) is 13.1. The van der Waals surface area contributed by atoms with Crippen LogP contribution in [0.3, 0.4) is 0 Å². The van der Waals surface area contributed by atoms with Crippen molar-refractivity contribution in [3.05, 3.63) is 66.4 Å². The van der Waals surface area contributed by atoms with Crippen molar-refractivity contribution < 1.29 is 0 Å². The molecule has 0 atom stereocenters. The quantitative estimate of drug-likeness (QED) is 0.751. The van der Waals surface area contributed by atoms with Gasteiger partial charge < -0.3 is 9.88 Å². The van der Waals surface area contributed by atoms with E-state index in [9.17, 15) is 0 Å². The van der Waals surface area contributed by atoms with E-state index in [0.717, 1.165) is 13.0 Å². The van der Waals surface area contributed by atoms with Gasteiger partial charge in [-0.05, 0) is 43.8 Å². The van der Waals surface area contributed by atoms with Crippen LogP contribution in [-0.4, -0.2) is 18.2 Å². The number of hydrogen-bond acceptors (Lipinski definition) is 1. The first kappa shape index (κ1) is 11.8. The Morgan fingerprint density at radius 3 is 2.68 bits per heavy atom. The maximum Gasteiger partial charge on any atom is 0.0621 e. The summed E-state index contributed by atoms with van der Waals surface area (Å²) in [5.74, 6) is 0. The van der Waals surface area contributed by atoms with E-state index in [4.69, 9.17) is 0 Å². The Bertz CT molecular complexity index is 668. The number of aromatic nitrogens is 1. The first-order valence-electron chi connectivity index (χ1n) is 6.52. The fourth-order valence-electron chi connectivity index (χ4n) is 2.39. The zero-order valence-corrected chi connectivity index (χ0v) is 11.0. The van der Waals surface area contributed by atoms with E-state index < -0.39 is 0 Å². The largest absolute Gasteiger partial charge is 0.319 e. The summed E-state index contributed by atoms with van der Waals surface area (Å²) >= 11 is 0. The van der Waals surface area contributed by atoms with Crippen molar-refractivity contribution in [1.29, 1.82) is 0 Å². The molecular formula is C17H16N2. The van der Waals surface area contributed by atoms with Gasteiger partial charge in [0.25, 0.3) is 0 Å². The molecule has 0 spiro atoms. The lowest BCUT2D eigenvalue weighted by Crippen LogP contribution is -2.09. The molecule has 2 nitrogen and oxygen atoms in total. The van der Waals surface area contributed by atoms with Gasteiger partial charge in [0, 0.05) is 23.3 Å². The summed E-state index contributed by atoms with van der Waals surface area (Å²) in [6, 6.07) is 20.6. The number of fused-ring (bicyclic) bond motifs is 1. The summed E-state index contributed by atoms with van der Waals surface area (Å²) < 4.78 is 2.23. The number of para-hydroxylation sites is 1. The van der Waals surface area contributed by atoms with Gasteiger partial charge in [0.15, 0.2) is 0 Å². The first-order chi connectivity index (χ1) is 9.40. The van der Waals surface area contributed by atoms with Crippen molar-refractivity contribution in [2.75, 3.05) is 13.6 Å². The highest BCUT2D eigenvalue weighted by atomic mass is 15.0. The molecule has 1 aromatic heterocycles. The first-order valence-corrected chi connectivity index (χ1v) is 6.52. The van der Waals surface area contributed by atoms with Gasteiger partial charge in [-0.1, -0.05) is 30.3 Å². The third-order valence-corrected chi connectivity index (χ3v) is 3.35. The molecule has 19 heavy (non-hydrogen) atoms. The van der Waals surface area contributed by atoms with Gasteiger partial charge in [0.2, 0.25) is 0 Å². The minimum absolute atomic E-state index is 0.979. The molecule has 3 aromatic rings. The summed E-state index contributed by atoms with van der Waals surface area (Å²) in [5.41, 5.74) is 3.72. The van der Waals surface area contributed by atoms with Crippen molar-refractivity contribution >= 4 is 10.9 Å². The lowest BCUT2D eigenvalue weighted by molar-refractivity contribution is 0.793. The van der Waals surface area contributed by atoms with Gasteiger partial charge in [-0.2, -0.15) is 0 Å². The second-order valence-electron chi connectivity index (χ2n) is 4.59. The van der Waals surface area contributed by atoms with E-state index in [1.165, 1.54) is 22.2 Å². The summed E-state index contributed by atoms with van der Waals surface area (Å²) in [6.07, 6.45) is 3.24. The number of nitrogens with zero attached hydrogens (tertiary/aromatic N) is 1. The molecule has 0 saturated carbocycles. The number of hydrogen-bond donors (Lipinski definition) is 1. The zero-order valence-electron chi connectivity index (χ0n) is 11.0. The molecule has 0 bridgehead atoms. The molecule has 0 aliphatic rings. The van der Waals surface area contributed by atoms with Gasteiger partial charge in [0.1, 0.15) is 0 Å². The van der Waals surface area contributed by atoms with Crippen LogP contribution in [0.1, 0.15) is 5.56 Å². The number of benzene rings is 1. The number of nitrogens with one attached hydrogen (secondary N) is 1. The van der Waals surface area contributed by atoms with Gasteiger partial charge in [-0.15, -0.1) is 0 Å². The third kappa shape index (κ3) is 2.21. The normalized spacial score (nSPS) is 10.6. The molecule has 0 fully saturated rings. The molecule has 3 rings (SSSR count). The van der Waals surface area contributed by atoms with Crippen LogP contribution >= 0.6 is 0 Å². The summed E-state index contributed by atoms with van der Waals surface area (Å²) in [4.78, 5) is 0. The van der Waals surface area contributed by atoms with E-state index in [-0.39, 0.29) is 0 Å². The van der Waals surface area contributed by atoms with E-state index in [1.807, 2.05) is 25.2 Å². The molecule has 0 saturated heterocycles. The van der Waals surface area contributed by atoms with E-state index in [0.29, 0.717) is 0 Å². The van der Waals surface area contributed by atoms with Crippen LogP contribution < -0.4 is 5.32 Å². The van der Waals surface area contributed by atoms with Crippen LogP contribution in [0.25, 0.3) is 16.6 Å². The van der Waals surface area contributed by atoms with Crippen LogP contribution in [0, 0.1) is 12.1 Å². The molecule has 0 aliphatic heterocycles. The average Bonchev–Trinajstić information content (AvgIpc) is 2.85. The second-order valence-corrected chi connectivity index (χ2v) is 4.59. The number of rotatable bonds is 4. The Morgan fingerprint density at radius 2 is 1.89 bits per heavy atom. The topological polar surface area (TPSA) is 17.0 Å². The second kappa shape index (κ2) is 5.17. The summed E-state index contributed by atoms with van der Waals surface area (Å²) in [7, 11) is 1.98. The molecule has 0 radical (unpaired) electrons. The minimum atomic E-state index is 0.979. The van der Waals surface area contributed by atoms with Crippen LogP contribution in [0.15, 0.2) is 48.7 Å². The molecule has 0 unspecified atom stereocenters. The molecule has 0 aliphatic carbocycles. The highest BCUT2D eigenvalue weighted by Crippen LogP contribution is 2.23. The number of likely N-dealkylation sites (N-methyl/N-ethyl adjacent to an activating group) is 1. The fourth-order valence-corrected chi connectivity index (χ4v) is 2.39. The van der Waals surface area contributed by atoms with E-state index in [1.54, 1.807) is 0 Å². The molecule has 94 valence electrons. The summed E-state index contributed by atoms with van der Waals surface area (Å²) in [6.45, 7) is 0.979. The lowest BCUT2D eigenvalue weighted by atomic mass is 10.1. The molecule has 2 aromatic carbocycles. The van der Waals surface area contributed by atoms with Gasteiger partial charge in [0.05, 0.1) is 5.52 Å². The van der Waals surface area contributed by atoms with Gasteiger partial charge in [-0.3, -0.25) is 0 Å². The molecular weight excluding hydrogens is 232 g/mol. The Balaban J connectivity index is 2.15. The van der Waals surface area contributed by atoms with Crippen molar-refractivity contribution in [2.45, 2.75) is 6.42 Å². The van der Waals surface area contributed by atoms with Crippen LogP contribution in [-0.2, 0) is 6.42 Å². The SMILES string of the molecule is CNCCc1cn(-c2ccccc2)c2cc#ccc12. The maximum absolute atomic E-state index is 3.20. The Labute approximate surface area is 113 Å². The maximum atomic E-state index is 3.20. The molecule has 0 amide bonds. The van der Waals surface area contributed by atoms with E-state index in [2.05, 4.69) is 52.5 Å². The van der Waals surface area contributed by atoms with Crippen LogP contribution in [0.4, 0.5) is 0 Å². The van der Waals surface area contributed by atoms with Crippen molar-refractivity contribution in [2.24, 2.45) is 0 Å². The average molecular weight is 248 g/mol. The Hall–Kier alpha value is -2.24. The highest BCUT2D eigenvalue weighted by molar-refractivity contribution is 5.85. The lowest BCUT2D eigenvalue weighted by Gasteiger charge is -2.03. The fraction of sp³-hybridized carbons (Fsp3) is 0.176. The third-order valence-electron chi connectivity index (χ3n) is 3.35. The summed E-state index contributed by atoms with van der Waals surface area (Å²) in [5, 5.41) is 4.46. The minimum Gasteiger partial charge on any atom is -0.319 e. The molecule has 1 heterocycles. The predicted octanol–water partition coefficient (Wildman–Crippen LogP) is 2.99. The Morgan fingerprint density at radius 1 is 1.11 bits per heavy atom. The van der Waals surface area contributed by atoms with Gasteiger partial charge >= 0.3 is 0 Å².